The number of nitro groups is 1. The summed E-state index contributed by atoms with van der Waals surface area (Å²) in [6.07, 6.45) is 0. The highest BCUT2D eigenvalue weighted by Gasteiger charge is 2.15. The standard InChI is InChI=1S/C11H10BrN7O3/c1-7(6-18-16-11(15-17-18)19(21)22)13-14-10(20)8-2-4-9(12)5-3-8/h2-5,13H,1,6H2,(H,14,20). The quantitative estimate of drug-likeness (QED) is 0.570. The number of hydrazine groups is 1. The normalized spacial score (nSPS) is 10.0. The van der Waals surface area contributed by atoms with E-state index in [2.05, 4.69) is 48.8 Å². The number of carbonyl (C=O) groups excluding carboxylic acids is 1. The average molecular weight is 368 g/mol. The minimum Gasteiger partial charge on any atom is -0.390 e. The highest BCUT2D eigenvalue weighted by Crippen LogP contribution is 2.10. The van der Waals surface area contributed by atoms with Gasteiger partial charge in [-0.15, -0.1) is 0 Å². The molecule has 114 valence electrons. The van der Waals surface area contributed by atoms with E-state index in [0.717, 1.165) is 9.27 Å². The second-order valence-electron chi connectivity index (χ2n) is 4.07. The Morgan fingerprint density at radius 3 is 2.64 bits per heavy atom. The van der Waals surface area contributed by atoms with Gasteiger partial charge < -0.3 is 15.5 Å². The Hall–Kier alpha value is -2.82. The van der Waals surface area contributed by atoms with Crippen LogP contribution < -0.4 is 10.9 Å². The van der Waals surface area contributed by atoms with Crippen molar-refractivity contribution < 1.29 is 9.72 Å². The summed E-state index contributed by atoms with van der Waals surface area (Å²) in [5.74, 6) is -0.960. The van der Waals surface area contributed by atoms with Crippen LogP contribution in [0.2, 0.25) is 0 Å². The summed E-state index contributed by atoms with van der Waals surface area (Å²) in [6, 6.07) is 6.77. The molecule has 0 saturated heterocycles. The van der Waals surface area contributed by atoms with Crippen LogP contribution in [-0.2, 0) is 6.54 Å². The Balaban J connectivity index is 1.85. The fourth-order valence-corrected chi connectivity index (χ4v) is 1.67. The lowest BCUT2D eigenvalue weighted by molar-refractivity contribution is -0.394. The predicted octanol–water partition coefficient (Wildman–Crippen LogP) is 0.792. The van der Waals surface area contributed by atoms with E-state index < -0.39 is 10.9 Å². The molecule has 1 aromatic heterocycles. The lowest BCUT2D eigenvalue weighted by Gasteiger charge is -2.09. The molecular weight excluding hydrogens is 358 g/mol. The van der Waals surface area contributed by atoms with Crippen LogP contribution in [0.3, 0.4) is 0 Å². The zero-order valence-electron chi connectivity index (χ0n) is 11.1. The number of nitrogens with zero attached hydrogens (tertiary/aromatic N) is 5. The molecule has 0 aliphatic carbocycles. The SMILES string of the molecule is C=C(Cn1nnc([N+](=O)[O-])n1)NNC(=O)c1ccc(Br)cc1. The zero-order chi connectivity index (χ0) is 16.1. The maximum Gasteiger partial charge on any atom is 0.514 e. The van der Waals surface area contributed by atoms with Crippen molar-refractivity contribution in [2.24, 2.45) is 0 Å². The number of rotatable bonds is 6. The largest absolute Gasteiger partial charge is 0.514 e. The molecular formula is C11H10BrN7O3. The van der Waals surface area contributed by atoms with Gasteiger partial charge in [0.1, 0.15) is 6.54 Å². The molecule has 1 heterocycles. The summed E-state index contributed by atoms with van der Waals surface area (Å²) in [4.78, 5) is 22.5. The van der Waals surface area contributed by atoms with E-state index >= 15 is 0 Å². The maximum absolute atomic E-state index is 11.8. The third kappa shape index (κ3) is 4.09. The third-order valence-corrected chi connectivity index (χ3v) is 2.93. The smallest absolute Gasteiger partial charge is 0.390 e. The zero-order valence-corrected chi connectivity index (χ0v) is 12.6. The van der Waals surface area contributed by atoms with Gasteiger partial charge in [-0.1, -0.05) is 27.3 Å². The van der Waals surface area contributed by atoms with Gasteiger partial charge in [-0.3, -0.25) is 10.2 Å². The van der Waals surface area contributed by atoms with Crippen molar-refractivity contribution >= 4 is 27.8 Å². The second kappa shape index (κ2) is 6.76. The Morgan fingerprint density at radius 2 is 2.05 bits per heavy atom. The Bertz CT molecular complexity index is 713. The molecule has 0 aliphatic heterocycles. The number of hydrogen-bond donors (Lipinski definition) is 2. The van der Waals surface area contributed by atoms with Crippen LogP contribution in [0.4, 0.5) is 5.95 Å². The van der Waals surface area contributed by atoms with E-state index in [0.29, 0.717) is 11.3 Å². The van der Waals surface area contributed by atoms with Crippen LogP contribution in [0, 0.1) is 10.1 Å². The van der Waals surface area contributed by atoms with Crippen molar-refractivity contribution in [3.63, 3.8) is 0 Å². The highest BCUT2D eigenvalue weighted by molar-refractivity contribution is 9.10. The summed E-state index contributed by atoms with van der Waals surface area (Å²) in [5.41, 5.74) is 5.81. The lowest BCUT2D eigenvalue weighted by Crippen LogP contribution is -2.37. The molecule has 2 N–H and O–H groups in total. The number of carbonyl (C=O) groups is 1. The summed E-state index contributed by atoms with van der Waals surface area (Å²) in [5, 5.41) is 20.7. The first kappa shape index (κ1) is 15.6. The highest BCUT2D eigenvalue weighted by atomic mass is 79.9. The van der Waals surface area contributed by atoms with E-state index in [-0.39, 0.29) is 12.5 Å². The van der Waals surface area contributed by atoms with Gasteiger partial charge >= 0.3 is 5.95 Å². The number of aromatic nitrogens is 4. The molecule has 0 spiro atoms. The maximum atomic E-state index is 11.8. The molecule has 0 radical (unpaired) electrons. The molecule has 0 fully saturated rings. The van der Waals surface area contributed by atoms with E-state index in [1.54, 1.807) is 24.3 Å². The number of nitrogens with one attached hydrogen (secondary N) is 2. The molecule has 0 unspecified atom stereocenters. The minimum absolute atomic E-state index is 0.0153. The molecule has 0 saturated carbocycles. The fraction of sp³-hybridized carbons (Fsp3) is 0.0909. The Morgan fingerprint density at radius 1 is 1.36 bits per heavy atom. The van der Waals surface area contributed by atoms with Crippen LogP contribution >= 0.6 is 15.9 Å². The first-order chi connectivity index (χ1) is 10.5. The first-order valence-corrected chi connectivity index (χ1v) is 6.67. The Labute approximate surface area is 132 Å². The van der Waals surface area contributed by atoms with Gasteiger partial charge in [-0.25, -0.2) is 0 Å². The minimum atomic E-state index is -0.755. The van der Waals surface area contributed by atoms with Crippen LogP contribution in [0.5, 0.6) is 0 Å². The number of amides is 1. The van der Waals surface area contributed by atoms with Crippen LogP contribution in [0.25, 0.3) is 0 Å². The summed E-state index contributed by atoms with van der Waals surface area (Å²) >= 11 is 3.27. The molecule has 0 aliphatic rings. The molecule has 1 aromatic carbocycles. The van der Waals surface area contributed by atoms with Gasteiger partial charge in [-0.2, -0.15) is 0 Å². The number of halogens is 1. The van der Waals surface area contributed by atoms with Crippen LogP contribution in [0.15, 0.2) is 41.0 Å². The predicted molar refractivity (Wildman–Crippen MR) is 78.4 cm³/mol. The van der Waals surface area contributed by atoms with Gasteiger partial charge in [0, 0.05) is 20.9 Å². The van der Waals surface area contributed by atoms with Gasteiger partial charge in [-0.05, 0) is 29.2 Å². The fourth-order valence-electron chi connectivity index (χ4n) is 1.40. The van der Waals surface area contributed by atoms with Gasteiger partial charge in [0.15, 0.2) is 0 Å². The topological polar surface area (TPSA) is 128 Å². The van der Waals surface area contributed by atoms with Crippen molar-refractivity contribution in [2.75, 3.05) is 0 Å². The van der Waals surface area contributed by atoms with Crippen molar-refractivity contribution in [3.05, 3.63) is 56.7 Å². The molecule has 22 heavy (non-hydrogen) atoms. The molecule has 0 bridgehead atoms. The lowest BCUT2D eigenvalue weighted by atomic mass is 10.2. The monoisotopic (exact) mass is 367 g/mol. The van der Waals surface area contributed by atoms with Crippen molar-refractivity contribution in [2.45, 2.75) is 6.54 Å². The first-order valence-electron chi connectivity index (χ1n) is 5.87. The second-order valence-corrected chi connectivity index (χ2v) is 4.98. The number of tetrazole rings is 1. The van der Waals surface area contributed by atoms with Crippen molar-refractivity contribution in [1.29, 1.82) is 0 Å². The molecule has 0 atom stereocenters. The van der Waals surface area contributed by atoms with Gasteiger partial charge in [0.25, 0.3) is 5.91 Å². The van der Waals surface area contributed by atoms with E-state index in [9.17, 15) is 14.9 Å². The third-order valence-electron chi connectivity index (χ3n) is 2.40. The van der Waals surface area contributed by atoms with E-state index in [1.165, 1.54) is 0 Å². The summed E-state index contributed by atoms with van der Waals surface area (Å²) in [7, 11) is 0. The van der Waals surface area contributed by atoms with E-state index in [1.807, 2.05) is 0 Å². The summed E-state index contributed by atoms with van der Waals surface area (Å²) in [6.45, 7) is 3.67. The number of hydrogen-bond acceptors (Lipinski definition) is 7. The number of allylic oxidation sites excluding steroid dienone is 1. The average Bonchev–Trinajstić information content (AvgIpc) is 2.94. The molecule has 2 aromatic rings. The molecule has 11 heteroatoms. The van der Waals surface area contributed by atoms with Crippen molar-refractivity contribution in [3.8, 4) is 0 Å². The summed E-state index contributed by atoms with van der Waals surface area (Å²) < 4.78 is 0.861. The molecule has 2 rings (SSSR count). The van der Waals surface area contributed by atoms with Crippen molar-refractivity contribution in [1.82, 2.24) is 31.1 Å². The molecule has 10 nitrogen and oxygen atoms in total. The van der Waals surface area contributed by atoms with Crippen LogP contribution in [-0.4, -0.2) is 31.0 Å². The van der Waals surface area contributed by atoms with Crippen LogP contribution in [0.1, 0.15) is 10.4 Å². The van der Waals surface area contributed by atoms with Gasteiger partial charge in [0.2, 0.25) is 0 Å². The Kier molecular flexibility index (Phi) is 4.78. The number of benzene rings is 1. The molecule has 1 amide bonds. The van der Waals surface area contributed by atoms with Gasteiger partial charge in [0.05, 0.1) is 10.2 Å². The van der Waals surface area contributed by atoms with E-state index in [4.69, 9.17) is 0 Å².